The number of hydrogen-bond donors (Lipinski definition) is 2. The summed E-state index contributed by atoms with van der Waals surface area (Å²) in [5, 5.41) is 9.63. The minimum atomic E-state index is -0.347. The Morgan fingerprint density at radius 3 is 2.64 bits per heavy atom. The zero-order valence-corrected chi connectivity index (χ0v) is 15.4. The Balaban J connectivity index is 2.11. The second-order valence-corrected chi connectivity index (χ2v) is 6.79. The zero-order valence-electron chi connectivity index (χ0n) is 15.4. The first-order chi connectivity index (χ1) is 13.4. The molecule has 7 heteroatoms. The van der Waals surface area contributed by atoms with Crippen LogP contribution in [0.4, 0.5) is 0 Å². The van der Waals surface area contributed by atoms with Crippen molar-refractivity contribution in [2.75, 3.05) is 6.61 Å². The van der Waals surface area contributed by atoms with E-state index in [1.165, 1.54) is 6.92 Å². The summed E-state index contributed by atoms with van der Waals surface area (Å²) in [5.41, 5.74) is 8.68. The highest BCUT2D eigenvalue weighted by Crippen LogP contribution is 2.41. The Morgan fingerprint density at radius 2 is 2.04 bits per heavy atom. The number of nitrogens with two attached hydrogens (primary N) is 1. The summed E-state index contributed by atoms with van der Waals surface area (Å²) < 4.78 is 7.65. The molecular formula is C21H18N4O3. The van der Waals surface area contributed by atoms with Gasteiger partial charge in [0.05, 0.1) is 17.1 Å². The van der Waals surface area contributed by atoms with Crippen LogP contribution in [0.15, 0.2) is 46.9 Å². The molecule has 0 radical (unpaired) electrons. The van der Waals surface area contributed by atoms with Gasteiger partial charge in [0, 0.05) is 16.8 Å². The lowest BCUT2D eigenvalue weighted by molar-refractivity contribution is -0.111. The summed E-state index contributed by atoms with van der Waals surface area (Å²) >= 11 is 0. The third kappa shape index (κ3) is 2.50. The molecule has 4 rings (SSSR count). The van der Waals surface area contributed by atoms with Crippen LogP contribution in [0.5, 0.6) is 5.75 Å². The van der Waals surface area contributed by atoms with Gasteiger partial charge in [0.1, 0.15) is 18.2 Å². The van der Waals surface area contributed by atoms with Gasteiger partial charge in [-0.25, -0.2) is 4.79 Å². The Labute approximate surface area is 160 Å². The Morgan fingerprint density at radius 1 is 1.32 bits per heavy atom. The molecular weight excluding hydrogens is 356 g/mol. The summed E-state index contributed by atoms with van der Waals surface area (Å²) in [7, 11) is 0. The van der Waals surface area contributed by atoms with Crippen LogP contribution in [0.2, 0.25) is 0 Å². The number of nitrogens with zero attached hydrogens (tertiary/aromatic N) is 2. The lowest BCUT2D eigenvalue weighted by Crippen LogP contribution is -2.30. The van der Waals surface area contributed by atoms with Gasteiger partial charge in [0.15, 0.2) is 11.5 Å². The van der Waals surface area contributed by atoms with E-state index in [2.05, 4.69) is 11.1 Å². The molecule has 0 aliphatic carbocycles. The molecule has 0 saturated carbocycles. The molecule has 0 saturated heterocycles. The van der Waals surface area contributed by atoms with Crippen LogP contribution in [0.1, 0.15) is 36.6 Å². The van der Waals surface area contributed by atoms with Gasteiger partial charge in [0.2, 0.25) is 0 Å². The number of carbonyl (C=O) groups is 1. The third-order valence-corrected chi connectivity index (χ3v) is 4.96. The van der Waals surface area contributed by atoms with Crippen LogP contribution in [-0.2, 0) is 4.79 Å². The van der Waals surface area contributed by atoms with E-state index in [0.29, 0.717) is 28.0 Å². The summed E-state index contributed by atoms with van der Waals surface area (Å²) in [6.07, 6.45) is 0. The number of hydrogen-bond acceptors (Lipinski definition) is 5. The van der Waals surface area contributed by atoms with Gasteiger partial charge in [-0.1, -0.05) is 30.3 Å². The van der Waals surface area contributed by atoms with E-state index in [1.807, 2.05) is 30.3 Å². The van der Waals surface area contributed by atoms with E-state index in [-0.39, 0.29) is 35.3 Å². The first-order valence-corrected chi connectivity index (χ1v) is 8.80. The maximum Gasteiger partial charge on any atom is 0.327 e. The topological polar surface area (TPSA) is 114 Å². The monoisotopic (exact) mass is 374 g/mol. The van der Waals surface area contributed by atoms with E-state index >= 15 is 0 Å². The van der Waals surface area contributed by atoms with E-state index in [1.54, 1.807) is 17.6 Å². The van der Waals surface area contributed by atoms with Gasteiger partial charge in [0.25, 0.3) is 0 Å². The molecule has 0 spiro atoms. The fourth-order valence-corrected chi connectivity index (χ4v) is 3.83. The van der Waals surface area contributed by atoms with E-state index in [0.717, 1.165) is 5.56 Å². The van der Waals surface area contributed by atoms with E-state index in [9.17, 15) is 14.9 Å². The first-order valence-electron chi connectivity index (χ1n) is 8.80. The Hall–Kier alpha value is -3.79. The van der Waals surface area contributed by atoms with Crippen molar-refractivity contribution in [3.63, 3.8) is 0 Å². The highest BCUT2D eigenvalue weighted by atomic mass is 16.5. The second-order valence-electron chi connectivity index (χ2n) is 6.79. The molecule has 7 nitrogen and oxygen atoms in total. The Bertz CT molecular complexity index is 1240. The molecule has 3 aromatic rings. The number of carbonyl (C=O) groups excluding carboxylic acids is 1. The second kappa shape index (κ2) is 6.43. The van der Waals surface area contributed by atoms with Crippen LogP contribution >= 0.6 is 0 Å². The first kappa shape index (κ1) is 17.6. The molecule has 2 heterocycles. The van der Waals surface area contributed by atoms with Crippen molar-refractivity contribution in [1.29, 1.82) is 5.26 Å². The maximum absolute atomic E-state index is 12.8. The van der Waals surface area contributed by atoms with Gasteiger partial charge >= 0.3 is 5.69 Å². The average Bonchev–Trinajstić information content (AvgIpc) is 3.02. The van der Waals surface area contributed by atoms with Gasteiger partial charge in [-0.3, -0.25) is 9.36 Å². The van der Waals surface area contributed by atoms with Crippen LogP contribution in [0.25, 0.3) is 16.6 Å². The molecule has 0 amide bonds. The number of ketones is 1. The third-order valence-electron chi connectivity index (χ3n) is 4.96. The zero-order chi connectivity index (χ0) is 20.0. The Kier molecular flexibility index (Phi) is 4.04. The van der Waals surface area contributed by atoms with Crippen molar-refractivity contribution in [3.05, 3.63) is 69.3 Å². The molecule has 28 heavy (non-hydrogen) atoms. The highest BCUT2D eigenvalue weighted by molar-refractivity contribution is 6.22. The van der Waals surface area contributed by atoms with E-state index in [4.69, 9.17) is 10.5 Å². The predicted molar refractivity (Wildman–Crippen MR) is 105 cm³/mol. The van der Waals surface area contributed by atoms with Gasteiger partial charge in [-0.2, -0.15) is 5.26 Å². The van der Waals surface area contributed by atoms with Crippen molar-refractivity contribution in [2.24, 2.45) is 5.73 Å². The maximum atomic E-state index is 12.8. The fourth-order valence-electron chi connectivity index (χ4n) is 3.83. The minimum absolute atomic E-state index is 0.220. The predicted octanol–water partition coefficient (Wildman–Crippen LogP) is 2.46. The van der Waals surface area contributed by atoms with Gasteiger partial charge in [-0.15, -0.1) is 0 Å². The van der Waals surface area contributed by atoms with Crippen molar-refractivity contribution >= 4 is 22.4 Å². The lowest BCUT2D eigenvalue weighted by atomic mass is 9.95. The molecule has 0 bridgehead atoms. The minimum Gasteiger partial charge on any atom is -0.488 e. The molecule has 0 fully saturated rings. The van der Waals surface area contributed by atoms with Crippen molar-refractivity contribution in [2.45, 2.75) is 19.9 Å². The number of nitrogens with one attached hydrogen (secondary N) is 1. The van der Waals surface area contributed by atoms with Gasteiger partial charge < -0.3 is 15.5 Å². The molecule has 1 atom stereocenters. The average molecular weight is 374 g/mol. The molecule has 1 unspecified atom stereocenters. The lowest BCUT2D eigenvalue weighted by Gasteiger charge is -2.27. The van der Waals surface area contributed by atoms with Crippen LogP contribution in [-0.4, -0.2) is 21.9 Å². The number of allylic oxidation sites excluding steroid dienone is 2. The quantitative estimate of drug-likeness (QED) is 0.684. The SMILES string of the molecule is CC(=O)/C(=C(/C)N)c1cc(C#N)c2[nH]c(=O)n3c2c1OCC3c1ccccc1. The number of imidazole rings is 1. The molecule has 1 aliphatic rings. The number of H-pyrrole nitrogens is 1. The number of aromatic amines is 1. The summed E-state index contributed by atoms with van der Waals surface area (Å²) in [6.45, 7) is 3.26. The molecule has 2 aromatic carbocycles. The summed E-state index contributed by atoms with van der Waals surface area (Å²) in [5.74, 6) is 0.146. The molecule has 1 aromatic heterocycles. The molecule has 1 aliphatic heterocycles. The largest absolute Gasteiger partial charge is 0.488 e. The van der Waals surface area contributed by atoms with Crippen LogP contribution < -0.4 is 16.2 Å². The van der Waals surface area contributed by atoms with Crippen LogP contribution in [0.3, 0.4) is 0 Å². The van der Waals surface area contributed by atoms with Crippen LogP contribution in [0, 0.1) is 11.3 Å². The smallest absolute Gasteiger partial charge is 0.327 e. The number of ether oxygens (including phenoxy) is 1. The number of Topliss-reactive ketones (excluding diaryl/α,β-unsaturated/α-hetero) is 1. The van der Waals surface area contributed by atoms with E-state index < -0.39 is 0 Å². The summed E-state index contributed by atoms with van der Waals surface area (Å²) in [6, 6.07) is 12.8. The number of aromatic nitrogens is 2. The normalized spacial score (nSPS) is 16.2. The van der Waals surface area contributed by atoms with Crippen molar-refractivity contribution in [3.8, 4) is 11.8 Å². The fraction of sp³-hybridized carbons (Fsp3) is 0.190. The number of benzene rings is 2. The number of nitriles is 1. The van der Waals surface area contributed by atoms with Crippen molar-refractivity contribution < 1.29 is 9.53 Å². The van der Waals surface area contributed by atoms with Crippen molar-refractivity contribution in [1.82, 2.24) is 9.55 Å². The highest BCUT2D eigenvalue weighted by Gasteiger charge is 2.31. The molecule has 140 valence electrons. The molecule has 3 N–H and O–H groups in total. The summed E-state index contributed by atoms with van der Waals surface area (Å²) in [4.78, 5) is 27.8. The number of rotatable bonds is 3. The standard InChI is InChI=1S/C21H18N4O3/c1-11(23)17(12(2)26)15-8-14(9-22)18-19-20(15)28-10-16(25(19)21(27)24-18)13-6-4-3-5-7-13/h3-8,16H,10,23H2,1-2H3,(H,24,27)/b17-11+. The van der Waals surface area contributed by atoms with Gasteiger partial charge in [-0.05, 0) is 25.5 Å².